The Hall–Kier alpha value is -1.18. The van der Waals surface area contributed by atoms with Gasteiger partial charge in [0.2, 0.25) is 0 Å². The lowest BCUT2D eigenvalue weighted by atomic mass is 9.88. The lowest BCUT2D eigenvalue weighted by molar-refractivity contribution is -0.126. The average Bonchev–Trinajstić information content (AvgIpc) is 2.12. The zero-order valence-electron chi connectivity index (χ0n) is 9.06. The molecule has 0 aromatic heterocycles. The zero-order chi connectivity index (χ0) is 11.4. The smallest absolute Gasteiger partial charge is 0.193 e. The van der Waals surface area contributed by atoms with Crippen LogP contribution in [-0.4, -0.2) is 11.5 Å². The largest absolute Gasteiger partial charge is 0.296 e. The van der Waals surface area contributed by atoms with E-state index in [0.29, 0.717) is 11.1 Å². The van der Waals surface area contributed by atoms with E-state index in [1.54, 1.807) is 19.9 Å². The molecular formula is C12H17FO. The van der Waals surface area contributed by atoms with Gasteiger partial charge in [-0.2, -0.15) is 0 Å². The summed E-state index contributed by atoms with van der Waals surface area (Å²) in [6, 6.07) is 0. The molecule has 1 unspecified atom stereocenters. The van der Waals surface area contributed by atoms with Crippen molar-refractivity contribution in [3.8, 4) is 0 Å². The minimum absolute atomic E-state index is 0.119. The summed E-state index contributed by atoms with van der Waals surface area (Å²) in [6.45, 7) is 11.8. The molecule has 0 rings (SSSR count). The summed E-state index contributed by atoms with van der Waals surface area (Å²) in [4.78, 5) is 11.2. The first-order valence-corrected chi connectivity index (χ1v) is 4.58. The number of ketones is 1. The summed E-state index contributed by atoms with van der Waals surface area (Å²) in [6.07, 6.45) is 3.05. The van der Waals surface area contributed by atoms with Crippen LogP contribution in [0.25, 0.3) is 0 Å². The Labute approximate surface area is 85.0 Å². The van der Waals surface area contributed by atoms with Gasteiger partial charge in [0.05, 0.1) is 0 Å². The van der Waals surface area contributed by atoms with Crippen molar-refractivity contribution in [2.24, 2.45) is 0 Å². The van der Waals surface area contributed by atoms with Crippen molar-refractivity contribution in [3.63, 3.8) is 0 Å². The summed E-state index contributed by atoms with van der Waals surface area (Å²) in [5.74, 6) is -0.493. The predicted molar refractivity (Wildman–Crippen MR) is 57.9 cm³/mol. The van der Waals surface area contributed by atoms with Crippen LogP contribution in [0.5, 0.6) is 0 Å². The molecule has 0 spiro atoms. The Bertz CT molecular complexity index is 289. The van der Waals surface area contributed by atoms with Crippen molar-refractivity contribution < 1.29 is 9.18 Å². The van der Waals surface area contributed by atoms with Gasteiger partial charge in [-0.25, -0.2) is 4.39 Å². The summed E-state index contributed by atoms with van der Waals surface area (Å²) in [7, 11) is 0. The lowest BCUT2D eigenvalue weighted by Gasteiger charge is -2.22. The van der Waals surface area contributed by atoms with Crippen LogP contribution in [0.4, 0.5) is 4.39 Å². The van der Waals surface area contributed by atoms with Crippen molar-refractivity contribution in [1.29, 1.82) is 0 Å². The fourth-order valence-electron chi connectivity index (χ4n) is 1.26. The number of halogens is 1. The monoisotopic (exact) mass is 196 g/mol. The van der Waals surface area contributed by atoms with E-state index in [9.17, 15) is 9.18 Å². The van der Waals surface area contributed by atoms with Gasteiger partial charge in [-0.1, -0.05) is 37.8 Å². The van der Waals surface area contributed by atoms with E-state index >= 15 is 0 Å². The van der Waals surface area contributed by atoms with E-state index in [1.807, 2.05) is 0 Å². The van der Waals surface area contributed by atoms with Crippen LogP contribution in [0.1, 0.15) is 27.2 Å². The molecule has 0 aliphatic rings. The number of hydrogen-bond acceptors (Lipinski definition) is 1. The van der Waals surface area contributed by atoms with E-state index < -0.39 is 11.5 Å². The molecule has 0 heterocycles. The highest BCUT2D eigenvalue weighted by Crippen LogP contribution is 2.28. The van der Waals surface area contributed by atoms with Gasteiger partial charge < -0.3 is 0 Å². The number of carbonyl (C=O) groups excluding carboxylic acids is 1. The summed E-state index contributed by atoms with van der Waals surface area (Å²) < 4.78 is 14.1. The summed E-state index contributed by atoms with van der Waals surface area (Å²) in [5.41, 5.74) is -0.919. The van der Waals surface area contributed by atoms with Gasteiger partial charge in [0.15, 0.2) is 11.5 Å². The minimum Gasteiger partial charge on any atom is -0.296 e. The Morgan fingerprint density at radius 1 is 1.50 bits per heavy atom. The second-order valence-electron chi connectivity index (χ2n) is 3.36. The van der Waals surface area contributed by atoms with Gasteiger partial charge in [0.25, 0.3) is 0 Å². The Morgan fingerprint density at radius 2 is 2.00 bits per heavy atom. The summed E-state index contributed by atoms with van der Waals surface area (Å²) in [5, 5.41) is 0. The highest BCUT2D eigenvalue weighted by Gasteiger charge is 2.35. The second kappa shape index (κ2) is 4.89. The number of rotatable bonds is 5. The molecule has 0 radical (unpaired) electrons. The number of alkyl halides is 1. The van der Waals surface area contributed by atoms with E-state index in [-0.39, 0.29) is 6.42 Å². The molecule has 0 aliphatic carbocycles. The van der Waals surface area contributed by atoms with E-state index in [2.05, 4.69) is 13.2 Å². The molecule has 14 heavy (non-hydrogen) atoms. The van der Waals surface area contributed by atoms with Crippen LogP contribution in [0.3, 0.4) is 0 Å². The quantitative estimate of drug-likeness (QED) is 0.616. The second-order valence-corrected chi connectivity index (χ2v) is 3.36. The molecule has 2 heteroatoms. The van der Waals surface area contributed by atoms with E-state index in [1.165, 1.54) is 13.0 Å². The first-order chi connectivity index (χ1) is 6.38. The lowest BCUT2D eigenvalue weighted by Crippen LogP contribution is -2.32. The van der Waals surface area contributed by atoms with Crippen LogP contribution < -0.4 is 0 Å². The van der Waals surface area contributed by atoms with Crippen LogP contribution in [0.15, 0.2) is 36.5 Å². The first-order valence-electron chi connectivity index (χ1n) is 4.58. The van der Waals surface area contributed by atoms with Crippen molar-refractivity contribution >= 4 is 5.78 Å². The van der Waals surface area contributed by atoms with Gasteiger partial charge in [0, 0.05) is 0 Å². The maximum Gasteiger partial charge on any atom is 0.193 e. The molecule has 0 aliphatic heterocycles. The average molecular weight is 196 g/mol. The van der Waals surface area contributed by atoms with Gasteiger partial charge in [-0.05, 0) is 25.8 Å². The Morgan fingerprint density at radius 3 is 2.21 bits per heavy atom. The van der Waals surface area contributed by atoms with Crippen molar-refractivity contribution in [1.82, 2.24) is 0 Å². The standard InChI is InChI=1S/C12H17FO/c1-6-11(8-9(3)4)12(13,7-2)10(5)14/h6,8H,1,3,7H2,2,4-5H3/b11-8+. The number of hydrogen-bond donors (Lipinski definition) is 0. The predicted octanol–water partition coefficient (Wildman–Crippen LogP) is 3.38. The van der Waals surface area contributed by atoms with Crippen LogP contribution >= 0.6 is 0 Å². The fourth-order valence-corrected chi connectivity index (χ4v) is 1.26. The first kappa shape index (κ1) is 12.8. The van der Waals surface area contributed by atoms with Gasteiger partial charge in [-0.3, -0.25) is 4.79 Å². The van der Waals surface area contributed by atoms with Crippen molar-refractivity contribution in [3.05, 3.63) is 36.5 Å². The third kappa shape index (κ3) is 2.66. The van der Waals surface area contributed by atoms with E-state index in [4.69, 9.17) is 0 Å². The Balaban J connectivity index is 5.27. The molecule has 0 fully saturated rings. The van der Waals surface area contributed by atoms with Gasteiger partial charge in [-0.15, -0.1) is 0 Å². The zero-order valence-corrected chi connectivity index (χ0v) is 9.06. The van der Waals surface area contributed by atoms with E-state index in [0.717, 1.165) is 0 Å². The maximum atomic E-state index is 14.1. The maximum absolute atomic E-state index is 14.1. The van der Waals surface area contributed by atoms with Crippen molar-refractivity contribution in [2.45, 2.75) is 32.9 Å². The Kier molecular flexibility index (Phi) is 4.48. The molecule has 78 valence electrons. The highest BCUT2D eigenvalue weighted by molar-refractivity contribution is 5.89. The molecule has 0 saturated carbocycles. The third-order valence-electron chi connectivity index (χ3n) is 2.12. The van der Waals surface area contributed by atoms with Crippen LogP contribution in [0.2, 0.25) is 0 Å². The summed E-state index contributed by atoms with van der Waals surface area (Å²) >= 11 is 0. The molecule has 0 aromatic carbocycles. The fraction of sp³-hybridized carbons (Fsp3) is 0.417. The topological polar surface area (TPSA) is 17.1 Å². The molecule has 1 nitrogen and oxygen atoms in total. The molecule has 0 N–H and O–H groups in total. The number of allylic oxidation sites excluding steroid dienone is 4. The third-order valence-corrected chi connectivity index (χ3v) is 2.12. The molecule has 0 saturated heterocycles. The van der Waals surface area contributed by atoms with Gasteiger partial charge >= 0.3 is 0 Å². The molecule has 0 aromatic rings. The number of carbonyl (C=O) groups is 1. The minimum atomic E-state index is -1.92. The highest BCUT2D eigenvalue weighted by atomic mass is 19.1. The number of Topliss-reactive ketones (excluding diaryl/α,β-unsaturated/α-hetero) is 1. The SMILES string of the molecule is C=C/C(=C\C(=C)C)C(F)(CC)C(C)=O. The molecular weight excluding hydrogens is 179 g/mol. The normalized spacial score (nSPS) is 15.9. The van der Waals surface area contributed by atoms with Crippen LogP contribution in [-0.2, 0) is 4.79 Å². The molecule has 1 atom stereocenters. The molecule has 0 amide bonds. The van der Waals surface area contributed by atoms with Crippen molar-refractivity contribution in [2.75, 3.05) is 0 Å². The van der Waals surface area contributed by atoms with Crippen LogP contribution in [0, 0.1) is 0 Å². The van der Waals surface area contributed by atoms with Gasteiger partial charge in [0.1, 0.15) is 0 Å². The molecule has 0 bridgehead atoms.